The fourth-order valence-electron chi connectivity index (χ4n) is 4.73. The second kappa shape index (κ2) is 8.27. The lowest BCUT2D eigenvalue weighted by Gasteiger charge is -2.55. The van der Waals surface area contributed by atoms with Crippen LogP contribution in [0.15, 0.2) is 18.2 Å². The van der Waals surface area contributed by atoms with E-state index in [9.17, 15) is 4.79 Å². The average molecular weight is 389 g/mol. The Labute approximate surface area is 167 Å². The molecule has 1 aliphatic carbocycles. The third kappa shape index (κ3) is 3.97. The highest BCUT2D eigenvalue weighted by Gasteiger charge is 2.49. The summed E-state index contributed by atoms with van der Waals surface area (Å²) in [6, 6.07) is 6.02. The molecule has 3 aliphatic rings. The van der Waals surface area contributed by atoms with Crippen LogP contribution in [0.25, 0.3) is 0 Å². The summed E-state index contributed by atoms with van der Waals surface area (Å²) in [5.74, 6) is 0. The van der Waals surface area contributed by atoms with Crippen LogP contribution in [0.3, 0.4) is 0 Å². The lowest BCUT2D eigenvalue weighted by Crippen LogP contribution is -2.67. The molecule has 154 valence electrons. The largest absolute Gasteiger partial charge is 0.379 e. The van der Waals surface area contributed by atoms with Crippen LogP contribution in [0.1, 0.15) is 25.3 Å². The number of fused-ring (bicyclic) bond motifs is 1. The number of anilines is 2. The Morgan fingerprint density at radius 2 is 2.07 bits per heavy atom. The van der Waals surface area contributed by atoms with Crippen molar-refractivity contribution in [1.29, 1.82) is 0 Å². The molecule has 1 aromatic rings. The minimum Gasteiger partial charge on any atom is -0.379 e. The third-order valence-corrected chi connectivity index (χ3v) is 6.35. The Hall–Kier alpha value is -1.83. The van der Waals surface area contributed by atoms with Crippen LogP contribution in [0.4, 0.5) is 16.2 Å². The van der Waals surface area contributed by atoms with Crippen molar-refractivity contribution < 1.29 is 14.3 Å². The van der Waals surface area contributed by atoms with Gasteiger partial charge in [0.1, 0.15) is 0 Å². The number of likely N-dealkylation sites (N-methyl/N-ethyl adjacent to an activating group) is 1. The summed E-state index contributed by atoms with van der Waals surface area (Å²) in [7, 11) is 2.09. The molecule has 0 radical (unpaired) electrons. The van der Waals surface area contributed by atoms with E-state index in [-0.39, 0.29) is 11.6 Å². The summed E-state index contributed by atoms with van der Waals surface area (Å²) in [4.78, 5) is 17.3. The fraction of sp³-hybridized carbons (Fsp3) is 0.667. The Bertz CT molecular complexity index is 699. The van der Waals surface area contributed by atoms with Gasteiger partial charge in [0.15, 0.2) is 0 Å². The van der Waals surface area contributed by atoms with Gasteiger partial charge in [-0.1, -0.05) is 6.07 Å². The first-order chi connectivity index (χ1) is 13.6. The number of carbonyl (C=O) groups is 1. The third-order valence-electron chi connectivity index (χ3n) is 6.35. The fourth-order valence-corrected chi connectivity index (χ4v) is 4.73. The van der Waals surface area contributed by atoms with Crippen LogP contribution in [0.5, 0.6) is 0 Å². The van der Waals surface area contributed by atoms with Crippen LogP contribution in [0, 0.1) is 0 Å². The van der Waals surface area contributed by atoms with Gasteiger partial charge >= 0.3 is 6.03 Å². The lowest BCUT2D eigenvalue weighted by atomic mass is 9.72. The van der Waals surface area contributed by atoms with Gasteiger partial charge in [-0.05, 0) is 43.9 Å². The van der Waals surface area contributed by atoms with Crippen molar-refractivity contribution in [1.82, 2.24) is 10.2 Å². The molecule has 4 rings (SSSR count). The summed E-state index contributed by atoms with van der Waals surface area (Å²) >= 11 is 0. The molecule has 0 bridgehead atoms. The molecule has 0 aromatic heterocycles. The number of nitrogens with zero attached hydrogens (tertiary/aromatic N) is 2. The van der Waals surface area contributed by atoms with Gasteiger partial charge in [0.2, 0.25) is 0 Å². The van der Waals surface area contributed by atoms with Crippen molar-refractivity contribution in [2.24, 2.45) is 0 Å². The van der Waals surface area contributed by atoms with Gasteiger partial charge in [0, 0.05) is 56.7 Å². The van der Waals surface area contributed by atoms with Gasteiger partial charge in [-0.15, -0.1) is 0 Å². The highest BCUT2D eigenvalue weighted by atomic mass is 16.5. The molecule has 0 atom stereocenters. The minimum atomic E-state index is -0.145. The monoisotopic (exact) mass is 388 g/mol. The quantitative estimate of drug-likeness (QED) is 0.781. The van der Waals surface area contributed by atoms with E-state index in [4.69, 9.17) is 9.47 Å². The number of nitrogens with one attached hydrogen (secondary N) is 2. The van der Waals surface area contributed by atoms with Gasteiger partial charge < -0.3 is 25.0 Å². The highest BCUT2D eigenvalue weighted by Crippen LogP contribution is 2.40. The zero-order valence-electron chi connectivity index (χ0n) is 17.0. The molecule has 7 nitrogen and oxygen atoms in total. The van der Waals surface area contributed by atoms with Crippen molar-refractivity contribution in [2.75, 3.05) is 63.3 Å². The van der Waals surface area contributed by atoms with Gasteiger partial charge in [0.05, 0.1) is 19.3 Å². The number of ether oxygens (including phenoxy) is 2. The minimum absolute atomic E-state index is 0.0148. The zero-order chi connectivity index (χ0) is 19.6. The Morgan fingerprint density at radius 1 is 1.29 bits per heavy atom. The van der Waals surface area contributed by atoms with Crippen LogP contribution >= 0.6 is 0 Å². The number of rotatable bonds is 6. The van der Waals surface area contributed by atoms with Gasteiger partial charge in [-0.25, -0.2) is 4.79 Å². The maximum Gasteiger partial charge on any atom is 0.319 e. The van der Waals surface area contributed by atoms with Crippen LogP contribution < -0.4 is 15.5 Å². The van der Waals surface area contributed by atoms with E-state index in [2.05, 4.69) is 39.6 Å². The molecule has 2 N–H and O–H groups in total. The molecule has 28 heavy (non-hydrogen) atoms. The first kappa shape index (κ1) is 19.5. The normalized spacial score (nSPS) is 27.2. The molecule has 1 saturated heterocycles. The molecule has 7 heteroatoms. The molecular weight excluding hydrogens is 356 g/mol. The topological polar surface area (TPSA) is 66.1 Å². The van der Waals surface area contributed by atoms with Crippen molar-refractivity contribution in [2.45, 2.75) is 37.8 Å². The van der Waals surface area contributed by atoms with E-state index in [0.717, 1.165) is 64.4 Å². The van der Waals surface area contributed by atoms with Gasteiger partial charge in [0.25, 0.3) is 0 Å². The Balaban J connectivity index is 1.35. The summed E-state index contributed by atoms with van der Waals surface area (Å²) < 4.78 is 11.3. The van der Waals surface area contributed by atoms with Crippen molar-refractivity contribution in [3.8, 4) is 0 Å². The highest BCUT2D eigenvalue weighted by molar-refractivity contribution is 5.90. The molecule has 0 spiro atoms. The van der Waals surface area contributed by atoms with E-state index in [0.29, 0.717) is 12.6 Å². The lowest BCUT2D eigenvalue weighted by molar-refractivity contribution is -0.124. The average Bonchev–Trinajstić information content (AvgIpc) is 3.05. The number of amides is 2. The molecule has 2 amide bonds. The zero-order valence-corrected chi connectivity index (χ0v) is 17.0. The maximum atomic E-state index is 12.6. The van der Waals surface area contributed by atoms with Crippen LogP contribution in [-0.2, 0) is 15.9 Å². The predicted molar refractivity (Wildman–Crippen MR) is 110 cm³/mol. The molecule has 1 saturated carbocycles. The molecule has 2 fully saturated rings. The Morgan fingerprint density at radius 3 is 2.82 bits per heavy atom. The summed E-state index contributed by atoms with van der Waals surface area (Å²) in [5.41, 5.74) is 3.38. The van der Waals surface area contributed by atoms with E-state index >= 15 is 0 Å². The molecule has 0 unspecified atom stereocenters. The number of hydrogen-bond acceptors (Lipinski definition) is 5. The standard InChI is InChI=1S/C21H32N4O3/c1-3-28-18-13-21(14-18,25-8-10-27-11-9-25)15-22-20(26)23-17-5-4-16-6-7-24(2)19(16)12-17/h4-5,12,18H,3,6-11,13-15H2,1-2H3,(H2,22,23,26). The van der Waals surface area contributed by atoms with Crippen molar-refractivity contribution >= 4 is 17.4 Å². The van der Waals surface area contributed by atoms with Gasteiger partial charge in [-0.2, -0.15) is 0 Å². The van der Waals surface area contributed by atoms with Crippen molar-refractivity contribution in [3.63, 3.8) is 0 Å². The molecule has 2 heterocycles. The Kier molecular flexibility index (Phi) is 5.75. The summed E-state index contributed by atoms with van der Waals surface area (Å²) in [6.45, 7) is 7.80. The smallest absolute Gasteiger partial charge is 0.319 e. The second-order valence-corrected chi connectivity index (χ2v) is 8.13. The van der Waals surface area contributed by atoms with E-state index in [1.54, 1.807) is 0 Å². The predicted octanol–water partition coefficient (Wildman–Crippen LogP) is 2.07. The van der Waals surface area contributed by atoms with Crippen LogP contribution in [0.2, 0.25) is 0 Å². The summed E-state index contributed by atoms with van der Waals surface area (Å²) in [6.07, 6.45) is 3.29. The molecule has 1 aromatic carbocycles. The number of hydrogen-bond donors (Lipinski definition) is 2. The number of carbonyl (C=O) groups excluding carboxylic acids is 1. The van der Waals surface area contributed by atoms with Crippen LogP contribution in [-0.4, -0.2) is 75.6 Å². The van der Waals surface area contributed by atoms with E-state index in [1.165, 1.54) is 11.3 Å². The number of urea groups is 1. The van der Waals surface area contributed by atoms with E-state index < -0.39 is 0 Å². The van der Waals surface area contributed by atoms with E-state index in [1.807, 2.05) is 13.0 Å². The van der Waals surface area contributed by atoms with Crippen molar-refractivity contribution in [3.05, 3.63) is 23.8 Å². The summed E-state index contributed by atoms with van der Waals surface area (Å²) in [5, 5.41) is 6.11. The second-order valence-electron chi connectivity index (χ2n) is 8.13. The number of benzene rings is 1. The SMILES string of the molecule is CCOC1CC(CNC(=O)Nc2ccc3c(c2)N(C)CC3)(N2CCOCC2)C1. The first-order valence-electron chi connectivity index (χ1n) is 10.4. The number of morpholine rings is 1. The molecule has 2 aliphatic heterocycles. The maximum absolute atomic E-state index is 12.6. The molecular formula is C21H32N4O3. The van der Waals surface area contributed by atoms with Gasteiger partial charge in [-0.3, -0.25) is 4.90 Å². The first-order valence-corrected chi connectivity index (χ1v) is 10.4.